The summed E-state index contributed by atoms with van der Waals surface area (Å²) in [5.74, 6) is 0.00750. The second-order valence-corrected chi connectivity index (χ2v) is 5.57. The first-order valence-electron chi connectivity index (χ1n) is 5.39. The lowest BCUT2D eigenvalue weighted by Gasteiger charge is -2.26. The van der Waals surface area contributed by atoms with Crippen molar-refractivity contribution in [3.05, 3.63) is 33.3 Å². The number of aryl methyl sites for hydroxylation is 1. The zero-order valence-corrected chi connectivity index (χ0v) is 11.0. The van der Waals surface area contributed by atoms with Gasteiger partial charge in [-0.25, -0.2) is 0 Å². The summed E-state index contributed by atoms with van der Waals surface area (Å²) >= 11 is 2.88. The molecule has 17 heavy (non-hydrogen) atoms. The van der Waals surface area contributed by atoms with Crippen molar-refractivity contribution in [3.8, 4) is 0 Å². The molecule has 0 fully saturated rings. The van der Waals surface area contributed by atoms with E-state index >= 15 is 0 Å². The SMILES string of the molecule is Cc1nsnc1C(=O)N1CCc2sccc2C1. The van der Waals surface area contributed by atoms with Crippen LogP contribution in [-0.4, -0.2) is 26.1 Å². The summed E-state index contributed by atoms with van der Waals surface area (Å²) < 4.78 is 8.13. The van der Waals surface area contributed by atoms with Crippen molar-refractivity contribution in [1.29, 1.82) is 0 Å². The molecule has 3 heterocycles. The number of hydrogen-bond donors (Lipinski definition) is 0. The van der Waals surface area contributed by atoms with Crippen LogP contribution in [0.5, 0.6) is 0 Å². The molecule has 88 valence electrons. The molecule has 3 rings (SSSR count). The Morgan fingerprint density at radius 1 is 1.47 bits per heavy atom. The topological polar surface area (TPSA) is 46.1 Å². The van der Waals surface area contributed by atoms with E-state index in [2.05, 4.69) is 20.2 Å². The molecule has 1 aliphatic rings. The van der Waals surface area contributed by atoms with Gasteiger partial charge in [-0.2, -0.15) is 8.75 Å². The minimum atomic E-state index is 0.00750. The van der Waals surface area contributed by atoms with Crippen LogP contribution < -0.4 is 0 Å². The molecule has 6 heteroatoms. The van der Waals surface area contributed by atoms with E-state index in [4.69, 9.17) is 0 Å². The molecule has 2 aromatic rings. The standard InChI is InChI=1S/C11H11N3OS2/c1-7-10(13-17-12-7)11(15)14-4-2-9-8(6-14)3-5-16-9/h3,5H,2,4,6H2,1H3. The smallest absolute Gasteiger partial charge is 0.275 e. The van der Waals surface area contributed by atoms with Crippen LogP contribution in [-0.2, 0) is 13.0 Å². The van der Waals surface area contributed by atoms with E-state index in [9.17, 15) is 4.79 Å². The Balaban J connectivity index is 1.84. The van der Waals surface area contributed by atoms with Crippen molar-refractivity contribution in [2.24, 2.45) is 0 Å². The Kier molecular flexibility index (Phi) is 2.68. The molecule has 0 bridgehead atoms. The van der Waals surface area contributed by atoms with E-state index < -0.39 is 0 Å². The fourth-order valence-corrected chi connectivity index (χ4v) is 3.43. The first-order chi connectivity index (χ1) is 8.25. The molecule has 1 aliphatic heterocycles. The molecule has 0 spiro atoms. The number of fused-ring (bicyclic) bond motifs is 1. The number of nitrogens with zero attached hydrogens (tertiary/aromatic N) is 3. The first kappa shape index (κ1) is 10.9. The molecular weight excluding hydrogens is 254 g/mol. The van der Waals surface area contributed by atoms with Crippen molar-refractivity contribution in [3.63, 3.8) is 0 Å². The van der Waals surface area contributed by atoms with Gasteiger partial charge in [0.2, 0.25) is 0 Å². The molecule has 0 atom stereocenters. The van der Waals surface area contributed by atoms with Crippen LogP contribution in [0.1, 0.15) is 26.6 Å². The number of aromatic nitrogens is 2. The number of carbonyl (C=O) groups excluding carboxylic acids is 1. The minimum Gasteiger partial charge on any atom is -0.332 e. The Hall–Kier alpha value is -1.27. The predicted molar refractivity (Wildman–Crippen MR) is 67.4 cm³/mol. The fraction of sp³-hybridized carbons (Fsp3) is 0.364. The molecule has 0 saturated heterocycles. The maximum absolute atomic E-state index is 12.2. The van der Waals surface area contributed by atoms with E-state index in [0.717, 1.165) is 30.4 Å². The Morgan fingerprint density at radius 3 is 3.12 bits per heavy atom. The van der Waals surface area contributed by atoms with E-state index in [1.807, 2.05) is 11.8 Å². The van der Waals surface area contributed by atoms with E-state index in [1.54, 1.807) is 11.3 Å². The summed E-state index contributed by atoms with van der Waals surface area (Å²) in [6, 6.07) is 2.10. The van der Waals surface area contributed by atoms with Gasteiger partial charge in [0.1, 0.15) is 0 Å². The van der Waals surface area contributed by atoms with Gasteiger partial charge in [0.15, 0.2) is 5.69 Å². The molecule has 0 N–H and O–H groups in total. The summed E-state index contributed by atoms with van der Waals surface area (Å²) in [6.45, 7) is 3.31. The molecule has 2 aromatic heterocycles. The quantitative estimate of drug-likeness (QED) is 0.793. The number of thiophene rings is 1. The van der Waals surface area contributed by atoms with Gasteiger partial charge in [0.05, 0.1) is 17.4 Å². The average Bonchev–Trinajstić information content (AvgIpc) is 2.95. The van der Waals surface area contributed by atoms with Crippen molar-refractivity contribution in [1.82, 2.24) is 13.6 Å². The molecule has 0 aliphatic carbocycles. The molecule has 0 saturated carbocycles. The summed E-state index contributed by atoms with van der Waals surface area (Å²) in [4.78, 5) is 15.5. The number of amides is 1. The number of hydrogen-bond acceptors (Lipinski definition) is 5. The zero-order valence-electron chi connectivity index (χ0n) is 9.34. The molecule has 0 unspecified atom stereocenters. The van der Waals surface area contributed by atoms with Crippen LogP contribution in [0.3, 0.4) is 0 Å². The second kappa shape index (κ2) is 4.19. The van der Waals surface area contributed by atoms with Crippen LogP contribution in [0.2, 0.25) is 0 Å². The highest BCUT2D eigenvalue weighted by atomic mass is 32.1. The first-order valence-corrected chi connectivity index (χ1v) is 7.00. The van der Waals surface area contributed by atoms with E-state index in [-0.39, 0.29) is 5.91 Å². The molecular formula is C11H11N3OS2. The minimum absolute atomic E-state index is 0.00750. The van der Waals surface area contributed by atoms with E-state index in [1.165, 1.54) is 10.4 Å². The average molecular weight is 265 g/mol. The molecule has 0 aromatic carbocycles. The van der Waals surface area contributed by atoms with Gasteiger partial charge < -0.3 is 4.90 Å². The monoisotopic (exact) mass is 265 g/mol. The van der Waals surface area contributed by atoms with Gasteiger partial charge >= 0.3 is 0 Å². The van der Waals surface area contributed by atoms with Gasteiger partial charge in [-0.15, -0.1) is 11.3 Å². The third-order valence-corrected chi connectivity index (χ3v) is 4.59. The van der Waals surface area contributed by atoms with Crippen molar-refractivity contribution in [2.75, 3.05) is 6.54 Å². The van der Waals surface area contributed by atoms with Crippen LogP contribution >= 0.6 is 23.1 Å². The van der Waals surface area contributed by atoms with Gasteiger partial charge in [-0.05, 0) is 30.4 Å². The maximum atomic E-state index is 12.2. The van der Waals surface area contributed by atoms with Crippen LogP contribution in [0.15, 0.2) is 11.4 Å². The third kappa shape index (κ3) is 1.87. The Labute approximate surface area is 107 Å². The molecule has 1 amide bonds. The highest BCUT2D eigenvalue weighted by Gasteiger charge is 2.25. The lowest BCUT2D eigenvalue weighted by Crippen LogP contribution is -2.35. The number of rotatable bonds is 1. The Morgan fingerprint density at radius 2 is 2.35 bits per heavy atom. The fourth-order valence-electron chi connectivity index (χ4n) is 2.00. The normalized spacial score (nSPS) is 14.8. The van der Waals surface area contributed by atoms with Crippen molar-refractivity contribution >= 4 is 29.0 Å². The highest BCUT2D eigenvalue weighted by Crippen LogP contribution is 2.25. The van der Waals surface area contributed by atoms with Gasteiger partial charge in [0.25, 0.3) is 5.91 Å². The van der Waals surface area contributed by atoms with Crippen molar-refractivity contribution < 1.29 is 4.79 Å². The van der Waals surface area contributed by atoms with Gasteiger partial charge in [-0.1, -0.05) is 0 Å². The summed E-state index contributed by atoms with van der Waals surface area (Å²) in [5, 5.41) is 2.09. The van der Waals surface area contributed by atoms with Crippen LogP contribution in [0.4, 0.5) is 0 Å². The summed E-state index contributed by atoms with van der Waals surface area (Å²) in [5.41, 5.74) is 2.51. The van der Waals surface area contributed by atoms with Gasteiger partial charge in [0, 0.05) is 18.0 Å². The number of carbonyl (C=O) groups is 1. The molecule has 0 radical (unpaired) electrons. The van der Waals surface area contributed by atoms with Crippen LogP contribution in [0, 0.1) is 6.92 Å². The van der Waals surface area contributed by atoms with Crippen molar-refractivity contribution in [2.45, 2.75) is 19.9 Å². The zero-order chi connectivity index (χ0) is 11.8. The predicted octanol–water partition coefficient (Wildman–Crippen LogP) is 2.11. The highest BCUT2D eigenvalue weighted by molar-refractivity contribution is 7.10. The largest absolute Gasteiger partial charge is 0.332 e. The lowest BCUT2D eigenvalue weighted by atomic mass is 10.1. The lowest BCUT2D eigenvalue weighted by molar-refractivity contribution is 0.0730. The summed E-state index contributed by atoms with van der Waals surface area (Å²) in [6.07, 6.45) is 0.954. The summed E-state index contributed by atoms with van der Waals surface area (Å²) in [7, 11) is 0. The second-order valence-electron chi connectivity index (χ2n) is 4.04. The third-order valence-electron chi connectivity index (χ3n) is 2.95. The maximum Gasteiger partial charge on any atom is 0.275 e. The van der Waals surface area contributed by atoms with Crippen LogP contribution in [0.25, 0.3) is 0 Å². The van der Waals surface area contributed by atoms with E-state index in [0.29, 0.717) is 12.2 Å². The Bertz CT molecular complexity index is 561. The molecule has 4 nitrogen and oxygen atoms in total. The van der Waals surface area contributed by atoms with Gasteiger partial charge in [-0.3, -0.25) is 4.79 Å².